The first-order valence-electron chi connectivity index (χ1n) is 10.7. The fourth-order valence-corrected chi connectivity index (χ4v) is 3.11. The quantitative estimate of drug-likeness (QED) is 0.136. The van der Waals surface area contributed by atoms with E-state index in [0.29, 0.717) is 28.5 Å². The Balaban J connectivity index is 1.60. The first-order valence-corrected chi connectivity index (χ1v) is 11.1. The minimum Gasteiger partial charge on any atom is -0.494 e. The fourth-order valence-electron chi connectivity index (χ4n) is 2.90. The second kappa shape index (κ2) is 12.4. The van der Waals surface area contributed by atoms with Crippen LogP contribution in [0.4, 0.5) is 0 Å². The number of carbonyl (C=O) groups is 2. The highest BCUT2D eigenvalue weighted by atomic mass is 35.5. The van der Waals surface area contributed by atoms with Gasteiger partial charge in [0.1, 0.15) is 5.75 Å². The second-order valence-electron chi connectivity index (χ2n) is 7.21. The molecular formula is C26H25ClN2O5. The van der Waals surface area contributed by atoms with Crippen LogP contribution in [-0.4, -0.2) is 31.8 Å². The number of halogens is 1. The minimum absolute atomic E-state index is 0.231. The van der Waals surface area contributed by atoms with E-state index in [0.717, 1.165) is 18.6 Å². The second-order valence-corrected chi connectivity index (χ2v) is 7.61. The largest absolute Gasteiger partial charge is 0.494 e. The van der Waals surface area contributed by atoms with Crippen molar-refractivity contribution >= 4 is 29.7 Å². The zero-order chi connectivity index (χ0) is 24.3. The minimum atomic E-state index is -0.598. The number of hydrogen-bond acceptors (Lipinski definition) is 6. The molecule has 0 aliphatic carbocycles. The molecular weight excluding hydrogens is 456 g/mol. The van der Waals surface area contributed by atoms with Crippen LogP contribution in [0, 0.1) is 0 Å². The van der Waals surface area contributed by atoms with Gasteiger partial charge in [0.15, 0.2) is 11.5 Å². The van der Waals surface area contributed by atoms with Gasteiger partial charge in [-0.3, -0.25) is 4.79 Å². The molecule has 0 bridgehead atoms. The van der Waals surface area contributed by atoms with Crippen molar-refractivity contribution in [3.63, 3.8) is 0 Å². The number of rotatable bonds is 10. The van der Waals surface area contributed by atoms with Crippen LogP contribution in [0.15, 0.2) is 71.8 Å². The van der Waals surface area contributed by atoms with Crippen molar-refractivity contribution in [1.29, 1.82) is 0 Å². The van der Waals surface area contributed by atoms with E-state index in [-0.39, 0.29) is 17.2 Å². The molecule has 176 valence electrons. The van der Waals surface area contributed by atoms with Crippen LogP contribution < -0.4 is 19.6 Å². The number of benzene rings is 3. The maximum Gasteiger partial charge on any atom is 0.345 e. The molecule has 0 fully saturated rings. The van der Waals surface area contributed by atoms with Crippen molar-refractivity contribution in [1.82, 2.24) is 5.43 Å². The SMILES string of the molecule is CCCCOc1ccc(C(=O)N/N=C/c2ccc(OC(=O)c3ccccc3Cl)c(OC)c2)cc1. The van der Waals surface area contributed by atoms with E-state index in [1.807, 2.05) is 0 Å². The molecule has 34 heavy (non-hydrogen) atoms. The Morgan fingerprint density at radius 3 is 2.50 bits per heavy atom. The molecule has 0 unspecified atom stereocenters. The molecule has 1 amide bonds. The normalized spacial score (nSPS) is 10.7. The number of hydrogen-bond donors (Lipinski definition) is 1. The molecule has 3 aromatic rings. The summed E-state index contributed by atoms with van der Waals surface area (Å²) in [5.74, 6) is 0.327. The van der Waals surface area contributed by atoms with Gasteiger partial charge >= 0.3 is 5.97 Å². The summed E-state index contributed by atoms with van der Waals surface area (Å²) < 4.78 is 16.3. The van der Waals surface area contributed by atoms with E-state index in [1.54, 1.807) is 66.7 Å². The van der Waals surface area contributed by atoms with E-state index in [1.165, 1.54) is 13.3 Å². The van der Waals surface area contributed by atoms with Crippen molar-refractivity contribution in [3.05, 3.63) is 88.4 Å². The Morgan fingerprint density at radius 1 is 1.03 bits per heavy atom. The van der Waals surface area contributed by atoms with E-state index >= 15 is 0 Å². The lowest BCUT2D eigenvalue weighted by atomic mass is 10.2. The third-order valence-electron chi connectivity index (χ3n) is 4.75. The molecule has 0 spiro atoms. The van der Waals surface area contributed by atoms with Gasteiger partial charge in [0.05, 0.1) is 30.5 Å². The van der Waals surface area contributed by atoms with E-state index in [4.69, 9.17) is 25.8 Å². The van der Waals surface area contributed by atoms with Crippen molar-refractivity contribution in [2.24, 2.45) is 5.10 Å². The van der Waals surface area contributed by atoms with Crippen LogP contribution in [0.3, 0.4) is 0 Å². The summed E-state index contributed by atoms with van der Waals surface area (Å²) in [6.07, 6.45) is 3.50. The van der Waals surface area contributed by atoms with Gasteiger partial charge in [-0.25, -0.2) is 10.2 Å². The Hall–Kier alpha value is -3.84. The van der Waals surface area contributed by atoms with Crippen molar-refractivity contribution < 1.29 is 23.8 Å². The van der Waals surface area contributed by atoms with Crippen LogP contribution >= 0.6 is 11.6 Å². The molecule has 0 radical (unpaired) electrons. The average Bonchev–Trinajstić information content (AvgIpc) is 2.85. The molecule has 0 aliphatic heterocycles. The summed E-state index contributed by atoms with van der Waals surface area (Å²) in [5, 5.41) is 4.29. The van der Waals surface area contributed by atoms with Crippen molar-refractivity contribution in [2.45, 2.75) is 19.8 Å². The molecule has 0 atom stereocenters. The van der Waals surface area contributed by atoms with E-state index in [2.05, 4.69) is 17.5 Å². The van der Waals surface area contributed by atoms with Crippen LogP contribution in [0.1, 0.15) is 46.0 Å². The van der Waals surface area contributed by atoms with Crippen molar-refractivity contribution in [3.8, 4) is 17.2 Å². The van der Waals surface area contributed by atoms with Gasteiger partial charge in [-0.05, 0) is 66.6 Å². The smallest absolute Gasteiger partial charge is 0.345 e. The molecule has 7 nitrogen and oxygen atoms in total. The van der Waals surface area contributed by atoms with E-state index in [9.17, 15) is 9.59 Å². The number of unbranched alkanes of at least 4 members (excludes halogenated alkanes) is 1. The highest BCUT2D eigenvalue weighted by Crippen LogP contribution is 2.29. The number of carbonyl (C=O) groups excluding carboxylic acids is 2. The predicted molar refractivity (Wildman–Crippen MR) is 131 cm³/mol. The number of ether oxygens (including phenoxy) is 3. The molecule has 3 rings (SSSR count). The molecule has 8 heteroatoms. The predicted octanol–water partition coefficient (Wildman–Crippen LogP) is 5.51. The number of methoxy groups -OCH3 is 1. The summed E-state index contributed by atoms with van der Waals surface area (Å²) in [6, 6.07) is 18.4. The van der Waals surface area contributed by atoms with E-state index < -0.39 is 5.97 Å². The van der Waals surface area contributed by atoms with Gasteiger partial charge in [-0.2, -0.15) is 5.10 Å². The first kappa shape index (κ1) is 24.8. The standard InChI is InChI=1S/C26H25ClN2O5/c1-3-4-15-33-20-12-10-19(11-13-20)25(30)29-28-17-18-9-14-23(24(16-18)32-2)34-26(31)21-7-5-6-8-22(21)27/h5-14,16-17H,3-4,15H2,1-2H3,(H,29,30)/b28-17+. The monoisotopic (exact) mass is 480 g/mol. The van der Waals surface area contributed by atoms with Gasteiger partial charge in [-0.15, -0.1) is 0 Å². The lowest BCUT2D eigenvalue weighted by Gasteiger charge is -2.10. The third kappa shape index (κ3) is 6.83. The Morgan fingerprint density at radius 2 is 1.79 bits per heavy atom. The molecule has 0 saturated carbocycles. The van der Waals surface area contributed by atoms with Crippen LogP contribution in [0.2, 0.25) is 5.02 Å². The van der Waals surface area contributed by atoms with Gasteiger partial charge < -0.3 is 14.2 Å². The Kier molecular flexibility index (Phi) is 9.05. The molecule has 0 heterocycles. The summed E-state index contributed by atoms with van der Waals surface area (Å²) >= 11 is 6.05. The zero-order valence-corrected chi connectivity index (χ0v) is 19.7. The summed E-state index contributed by atoms with van der Waals surface area (Å²) in [4.78, 5) is 24.7. The average molecular weight is 481 g/mol. The fraction of sp³-hybridized carbons (Fsp3) is 0.192. The molecule has 3 aromatic carbocycles. The highest BCUT2D eigenvalue weighted by molar-refractivity contribution is 6.33. The Labute approximate surface area is 203 Å². The number of amides is 1. The maximum absolute atomic E-state index is 12.4. The number of esters is 1. The number of nitrogens with one attached hydrogen (secondary N) is 1. The summed E-state index contributed by atoms with van der Waals surface area (Å²) in [6.45, 7) is 2.74. The molecule has 1 N–H and O–H groups in total. The lowest BCUT2D eigenvalue weighted by molar-refractivity contribution is 0.0729. The first-order chi connectivity index (χ1) is 16.5. The zero-order valence-electron chi connectivity index (χ0n) is 18.9. The summed E-state index contributed by atoms with van der Waals surface area (Å²) in [7, 11) is 1.46. The van der Waals surface area contributed by atoms with Crippen LogP contribution in [-0.2, 0) is 0 Å². The summed E-state index contributed by atoms with van der Waals surface area (Å²) in [5.41, 5.74) is 3.82. The van der Waals surface area contributed by atoms with Gasteiger partial charge in [0.2, 0.25) is 0 Å². The number of nitrogens with zero attached hydrogens (tertiary/aromatic N) is 1. The highest BCUT2D eigenvalue weighted by Gasteiger charge is 2.15. The molecule has 0 aliphatic rings. The van der Waals surface area contributed by atoms with Crippen molar-refractivity contribution in [2.75, 3.05) is 13.7 Å². The molecule has 0 aromatic heterocycles. The van der Waals surface area contributed by atoms with Crippen LogP contribution in [0.5, 0.6) is 17.2 Å². The Bertz CT molecular complexity index is 1160. The lowest BCUT2D eigenvalue weighted by Crippen LogP contribution is -2.17. The van der Waals surface area contributed by atoms with Gasteiger partial charge in [-0.1, -0.05) is 37.1 Å². The molecule has 0 saturated heterocycles. The van der Waals surface area contributed by atoms with Gasteiger partial charge in [0.25, 0.3) is 5.91 Å². The number of hydrazone groups is 1. The maximum atomic E-state index is 12.4. The third-order valence-corrected chi connectivity index (χ3v) is 5.08. The van der Waals surface area contributed by atoms with Crippen LogP contribution in [0.25, 0.3) is 0 Å². The van der Waals surface area contributed by atoms with Gasteiger partial charge in [0, 0.05) is 5.56 Å². The topological polar surface area (TPSA) is 86.2 Å².